The zero-order valence-electron chi connectivity index (χ0n) is 16.4. The van der Waals surface area contributed by atoms with Crippen molar-refractivity contribution in [3.05, 3.63) is 41.5 Å². The molecule has 1 atom stereocenters. The summed E-state index contributed by atoms with van der Waals surface area (Å²) in [4.78, 5) is 16.9. The van der Waals surface area contributed by atoms with Crippen LogP contribution in [0.3, 0.4) is 0 Å². The molecule has 0 radical (unpaired) electrons. The predicted molar refractivity (Wildman–Crippen MR) is 105 cm³/mol. The number of piperidine rings is 1. The van der Waals surface area contributed by atoms with Gasteiger partial charge in [-0.1, -0.05) is 31.1 Å². The fraction of sp³-hybridized carbons (Fsp3) is 0.526. The van der Waals surface area contributed by atoms with Gasteiger partial charge in [0.05, 0.1) is 12.2 Å². The molecule has 1 aliphatic rings. The number of carbonyl (C=O) groups excluding carboxylic acids is 1. The minimum Gasteiger partial charge on any atom is -0.339 e. The Morgan fingerprint density at radius 3 is 2.64 bits per heavy atom. The molecule has 0 bridgehead atoms. The molecule has 1 aromatic heterocycles. The molecule has 2 heterocycles. The fourth-order valence-electron chi connectivity index (χ4n) is 3.16. The van der Waals surface area contributed by atoms with E-state index in [0.717, 1.165) is 5.56 Å². The monoisotopic (exact) mass is 406 g/mol. The van der Waals surface area contributed by atoms with Gasteiger partial charge in [0.25, 0.3) is 0 Å². The lowest BCUT2D eigenvalue weighted by molar-refractivity contribution is -0.120. The van der Waals surface area contributed by atoms with E-state index in [0.29, 0.717) is 43.2 Å². The van der Waals surface area contributed by atoms with Crippen molar-refractivity contribution in [2.75, 3.05) is 24.7 Å². The second-order valence-corrected chi connectivity index (χ2v) is 9.51. The summed E-state index contributed by atoms with van der Waals surface area (Å²) in [5, 5.41) is 6.87. The van der Waals surface area contributed by atoms with E-state index in [1.165, 1.54) is 10.6 Å². The predicted octanol–water partition coefficient (Wildman–Crippen LogP) is 2.39. The highest BCUT2D eigenvalue weighted by Gasteiger charge is 2.30. The van der Waals surface area contributed by atoms with Crippen molar-refractivity contribution in [2.45, 2.75) is 39.0 Å². The highest BCUT2D eigenvalue weighted by Crippen LogP contribution is 2.21. The standard InChI is InChI=1S/C19H26N4O4S/c1-13(2)19-21-17(22-27-19)11-14-6-8-16(9-7-14)20-18(24)15-5-4-10-23(12-15)28(3,25)26/h6-9,13,15H,4-5,10-12H2,1-3H3,(H,20,24)/t15-/m1/s1. The van der Waals surface area contributed by atoms with E-state index in [9.17, 15) is 13.2 Å². The number of amides is 1. The van der Waals surface area contributed by atoms with Crippen molar-refractivity contribution in [3.8, 4) is 0 Å². The number of aromatic nitrogens is 2. The third kappa shape index (κ3) is 5.17. The first-order valence-corrected chi connectivity index (χ1v) is 11.2. The van der Waals surface area contributed by atoms with Gasteiger partial charge < -0.3 is 9.84 Å². The molecule has 1 amide bonds. The van der Waals surface area contributed by atoms with Crippen molar-refractivity contribution in [2.24, 2.45) is 5.92 Å². The number of sulfonamides is 1. The Labute approximate surface area is 165 Å². The van der Waals surface area contributed by atoms with Crippen LogP contribution in [0.15, 0.2) is 28.8 Å². The smallest absolute Gasteiger partial charge is 0.229 e. The molecule has 2 aromatic rings. The Balaban J connectivity index is 1.58. The molecular weight excluding hydrogens is 380 g/mol. The molecule has 1 aliphatic heterocycles. The summed E-state index contributed by atoms with van der Waals surface area (Å²) in [6, 6.07) is 7.47. The second kappa shape index (κ2) is 8.40. The quantitative estimate of drug-likeness (QED) is 0.790. The van der Waals surface area contributed by atoms with Crippen molar-refractivity contribution in [3.63, 3.8) is 0 Å². The van der Waals surface area contributed by atoms with E-state index >= 15 is 0 Å². The molecular formula is C19H26N4O4S. The molecule has 0 aliphatic carbocycles. The zero-order valence-corrected chi connectivity index (χ0v) is 17.2. The highest BCUT2D eigenvalue weighted by molar-refractivity contribution is 7.88. The number of benzene rings is 1. The van der Waals surface area contributed by atoms with Crippen LogP contribution >= 0.6 is 0 Å². The first-order valence-electron chi connectivity index (χ1n) is 9.40. The fourth-order valence-corrected chi connectivity index (χ4v) is 4.08. The van der Waals surface area contributed by atoms with Crippen LogP contribution in [0.4, 0.5) is 5.69 Å². The molecule has 152 valence electrons. The SMILES string of the molecule is CC(C)c1nc(Cc2ccc(NC(=O)[C@@H]3CCCN(S(C)(=O)=O)C3)cc2)no1. The molecule has 9 heteroatoms. The number of hydrogen-bond acceptors (Lipinski definition) is 6. The summed E-state index contributed by atoms with van der Waals surface area (Å²) in [7, 11) is -3.27. The number of nitrogens with one attached hydrogen (secondary N) is 1. The average Bonchev–Trinajstić information content (AvgIpc) is 3.11. The Kier molecular flexibility index (Phi) is 6.14. The normalized spacial score (nSPS) is 18.4. The number of carbonyl (C=O) groups is 1. The van der Waals surface area contributed by atoms with Gasteiger partial charge in [-0.3, -0.25) is 4.79 Å². The lowest BCUT2D eigenvalue weighted by atomic mass is 9.98. The summed E-state index contributed by atoms with van der Waals surface area (Å²) >= 11 is 0. The van der Waals surface area contributed by atoms with Gasteiger partial charge in [-0.25, -0.2) is 12.7 Å². The third-order valence-corrected chi connectivity index (χ3v) is 6.06. The summed E-state index contributed by atoms with van der Waals surface area (Å²) in [5.41, 5.74) is 1.69. The first-order chi connectivity index (χ1) is 13.2. The van der Waals surface area contributed by atoms with Gasteiger partial charge in [-0.15, -0.1) is 0 Å². The largest absolute Gasteiger partial charge is 0.339 e. The number of nitrogens with zero attached hydrogens (tertiary/aromatic N) is 3. The lowest BCUT2D eigenvalue weighted by Gasteiger charge is -2.30. The van der Waals surface area contributed by atoms with Gasteiger partial charge in [0.2, 0.25) is 21.8 Å². The van der Waals surface area contributed by atoms with E-state index in [-0.39, 0.29) is 24.3 Å². The molecule has 1 N–H and O–H groups in total. The Morgan fingerprint density at radius 1 is 1.32 bits per heavy atom. The van der Waals surface area contributed by atoms with Gasteiger partial charge in [0.15, 0.2) is 5.82 Å². The summed E-state index contributed by atoms with van der Waals surface area (Å²) < 4.78 is 30.0. The maximum Gasteiger partial charge on any atom is 0.229 e. The minimum atomic E-state index is -3.27. The molecule has 0 unspecified atom stereocenters. The molecule has 1 fully saturated rings. The number of rotatable bonds is 6. The van der Waals surface area contributed by atoms with Crippen LogP contribution < -0.4 is 5.32 Å². The van der Waals surface area contributed by atoms with Crippen LogP contribution in [0.1, 0.15) is 49.9 Å². The maximum atomic E-state index is 12.5. The van der Waals surface area contributed by atoms with Crippen molar-refractivity contribution in [1.29, 1.82) is 0 Å². The molecule has 1 aromatic carbocycles. The second-order valence-electron chi connectivity index (χ2n) is 7.53. The third-order valence-electron chi connectivity index (χ3n) is 4.79. The van der Waals surface area contributed by atoms with Crippen LogP contribution in [-0.2, 0) is 21.2 Å². The molecule has 0 spiro atoms. The molecule has 0 saturated carbocycles. The van der Waals surface area contributed by atoms with Crippen molar-refractivity contribution in [1.82, 2.24) is 14.4 Å². The number of anilines is 1. The van der Waals surface area contributed by atoms with E-state index in [2.05, 4.69) is 15.5 Å². The van der Waals surface area contributed by atoms with Crippen LogP contribution in [0.25, 0.3) is 0 Å². The molecule has 1 saturated heterocycles. The summed E-state index contributed by atoms with van der Waals surface area (Å²) in [6.07, 6.45) is 3.11. The van der Waals surface area contributed by atoms with Crippen LogP contribution in [0.2, 0.25) is 0 Å². The topological polar surface area (TPSA) is 105 Å². The molecule has 3 rings (SSSR count). The Hall–Kier alpha value is -2.26. The lowest BCUT2D eigenvalue weighted by Crippen LogP contribution is -2.43. The van der Waals surface area contributed by atoms with Gasteiger partial charge in [-0.05, 0) is 30.5 Å². The van der Waals surface area contributed by atoms with Gasteiger partial charge in [0, 0.05) is 31.1 Å². The van der Waals surface area contributed by atoms with Crippen LogP contribution in [0, 0.1) is 5.92 Å². The van der Waals surface area contributed by atoms with Crippen LogP contribution in [-0.4, -0.2) is 48.1 Å². The number of hydrogen-bond donors (Lipinski definition) is 1. The van der Waals surface area contributed by atoms with Gasteiger partial charge in [0.1, 0.15) is 0 Å². The minimum absolute atomic E-state index is 0.152. The summed E-state index contributed by atoms with van der Waals surface area (Å²) in [6.45, 7) is 4.71. The summed E-state index contributed by atoms with van der Waals surface area (Å²) in [5.74, 6) is 0.952. The van der Waals surface area contributed by atoms with Gasteiger partial charge in [-0.2, -0.15) is 4.98 Å². The van der Waals surface area contributed by atoms with Crippen LogP contribution in [0.5, 0.6) is 0 Å². The molecule has 8 nitrogen and oxygen atoms in total. The van der Waals surface area contributed by atoms with E-state index < -0.39 is 10.0 Å². The van der Waals surface area contributed by atoms with E-state index in [4.69, 9.17) is 4.52 Å². The first kappa shape index (κ1) is 20.5. The Morgan fingerprint density at radius 2 is 2.04 bits per heavy atom. The van der Waals surface area contributed by atoms with Gasteiger partial charge >= 0.3 is 0 Å². The average molecular weight is 407 g/mol. The van der Waals surface area contributed by atoms with E-state index in [1.807, 2.05) is 38.1 Å². The highest BCUT2D eigenvalue weighted by atomic mass is 32.2. The zero-order chi connectivity index (χ0) is 20.3. The Bertz CT molecular complexity index is 922. The van der Waals surface area contributed by atoms with Crippen molar-refractivity contribution >= 4 is 21.6 Å². The van der Waals surface area contributed by atoms with Crippen molar-refractivity contribution < 1.29 is 17.7 Å². The molecule has 28 heavy (non-hydrogen) atoms. The maximum absolute atomic E-state index is 12.5. The van der Waals surface area contributed by atoms with E-state index in [1.54, 1.807) is 0 Å².